The van der Waals surface area contributed by atoms with Gasteiger partial charge in [-0.3, -0.25) is 4.79 Å². The molecule has 0 unspecified atom stereocenters. The van der Waals surface area contributed by atoms with Crippen LogP contribution in [-0.4, -0.2) is 34.1 Å². The van der Waals surface area contributed by atoms with Crippen molar-refractivity contribution >= 4 is 41.2 Å². The lowest BCUT2D eigenvalue weighted by molar-refractivity contribution is -0.113. The molecule has 1 atom stereocenters. The molecule has 0 saturated heterocycles. The van der Waals surface area contributed by atoms with Crippen LogP contribution in [0.3, 0.4) is 0 Å². The highest BCUT2D eigenvalue weighted by atomic mass is 35.5. The molecule has 0 radical (unpaired) electrons. The fraction of sp³-hybridized carbons (Fsp3) is 0.312. The Labute approximate surface area is 148 Å². The number of anilines is 1. The zero-order valence-corrected chi connectivity index (χ0v) is 14.8. The van der Waals surface area contributed by atoms with Gasteiger partial charge in [0.1, 0.15) is 5.82 Å². The summed E-state index contributed by atoms with van der Waals surface area (Å²) in [5.74, 6) is 0.480. The third-order valence-electron chi connectivity index (χ3n) is 3.62. The SMILES string of the molecule is CCOC(=O)n1nc(C)c2c1NC(=O)CS[C@H]2c1ccc(Cl)cc1. The number of nitrogens with zero attached hydrogens (tertiary/aromatic N) is 2. The molecule has 8 heteroatoms. The monoisotopic (exact) mass is 365 g/mol. The number of ether oxygens (including phenoxy) is 1. The number of hydrogen-bond acceptors (Lipinski definition) is 5. The highest BCUT2D eigenvalue weighted by Gasteiger charge is 2.32. The number of aromatic nitrogens is 2. The molecule has 2 heterocycles. The first-order chi connectivity index (χ1) is 11.5. The Balaban J connectivity index is 2.11. The Hall–Kier alpha value is -1.99. The van der Waals surface area contributed by atoms with Crippen LogP contribution in [0.4, 0.5) is 10.6 Å². The number of carbonyl (C=O) groups is 2. The van der Waals surface area contributed by atoms with Gasteiger partial charge in [-0.15, -0.1) is 16.4 Å². The number of nitrogens with one attached hydrogen (secondary N) is 1. The summed E-state index contributed by atoms with van der Waals surface area (Å²) in [6.07, 6.45) is -0.607. The van der Waals surface area contributed by atoms with Crippen LogP contribution >= 0.6 is 23.4 Å². The average Bonchev–Trinajstić information content (AvgIpc) is 2.75. The molecule has 0 saturated carbocycles. The van der Waals surface area contributed by atoms with E-state index in [4.69, 9.17) is 16.3 Å². The largest absolute Gasteiger partial charge is 0.448 e. The zero-order chi connectivity index (χ0) is 17.3. The van der Waals surface area contributed by atoms with Gasteiger partial charge in [0.05, 0.1) is 23.3 Å². The van der Waals surface area contributed by atoms with E-state index in [9.17, 15) is 9.59 Å². The van der Waals surface area contributed by atoms with Gasteiger partial charge < -0.3 is 10.1 Å². The highest BCUT2D eigenvalue weighted by Crippen LogP contribution is 2.43. The second-order valence-electron chi connectivity index (χ2n) is 5.25. The molecule has 1 aromatic heterocycles. The molecule has 126 valence electrons. The lowest BCUT2D eigenvalue weighted by Gasteiger charge is -2.15. The van der Waals surface area contributed by atoms with Gasteiger partial charge >= 0.3 is 6.09 Å². The molecule has 0 spiro atoms. The van der Waals surface area contributed by atoms with Gasteiger partial charge in [-0.25, -0.2) is 4.79 Å². The quantitative estimate of drug-likeness (QED) is 0.879. The van der Waals surface area contributed by atoms with Crippen molar-refractivity contribution in [2.45, 2.75) is 19.1 Å². The molecule has 24 heavy (non-hydrogen) atoms. The Morgan fingerprint density at radius 3 is 2.83 bits per heavy atom. The molecule has 1 N–H and O–H groups in total. The number of benzene rings is 1. The molecule has 6 nitrogen and oxygen atoms in total. The fourth-order valence-electron chi connectivity index (χ4n) is 2.60. The maximum absolute atomic E-state index is 12.1. The Bertz CT molecular complexity index is 789. The number of rotatable bonds is 2. The molecule has 1 amide bonds. The number of amides is 1. The molecular weight excluding hydrogens is 350 g/mol. The van der Waals surface area contributed by atoms with Gasteiger partial charge in [-0.1, -0.05) is 23.7 Å². The van der Waals surface area contributed by atoms with E-state index in [1.54, 1.807) is 6.92 Å². The summed E-state index contributed by atoms with van der Waals surface area (Å²) in [5.41, 5.74) is 2.47. The molecule has 0 fully saturated rings. The topological polar surface area (TPSA) is 73.2 Å². The van der Waals surface area contributed by atoms with Crippen molar-refractivity contribution in [3.05, 3.63) is 46.1 Å². The van der Waals surface area contributed by atoms with Crippen molar-refractivity contribution in [3.63, 3.8) is 0 Å². The van der Waals surface area contributed by atoms with E-state index in [0.29, 0.717) is 16.5 Å². The summed E-state index contributed by atoms with van der Waals surface area (Å²) in [6, 6.07) is 7.45. The minimum Gasteiger partial charge on any atom is -0.448 e. The van der Waals surface area contributed by atoms with Crippen LogP contribution < -0.4 is 5.32 Å². The van der Waals surface area contributed by atoms with Crippen molar-refractivity contribution < 1.29 is 14.3 Å². The predicted molar refractivity (Wildman–Crippen MR) is 93.8 cm³/mol. The van der Waals surface area contributed by atoms with E-state index in [-0.39, 0.29) is 23.5 Å². The summed E-state index contributed by atoms with van der Waals surface area (Å²) in [6.45, 7) is 3.77. The van der Waals surface area contributed by atoms with Crippen LogP contribution in [0.1, 0.15) is 29.0 Å². The minimum atomic E-state index is -0.607. The normalized spacial score (nSPS) is 17.0. The van der Waals surface area contributed by atoms with Gasteiger partial charge in [0.25, 0.3) is 0 Å². The predicted octanol–water partition coefficient (Wildman–Crippen LogP) is 3.62. The second-order valence-corrected chi connectivity index (χ2v) is 6.78. The summed E-state index contributed by atoms with van der Waals surface area (Å²) < 4.78 is 6.15. The summed E-state index contributed by atoms with van der Waals surface area (Å²) in [4.78, 5) is 24.2. The maximum atomic E-state index is 12.1. The number of carbonyl (C=O) groups excluding carboxylic acids is 2. The van der Waals surface area contributed by atoms with E-state index in [2.05, 4.69) is 10.4 Å². The molecular formula is C16H16ClN3O3S. The first-order valence-corrected chi connectivity index (χ1v) is 8.87. The zero-order valence-electron chi connectivity index (χ0n) is 13.2. The van der Waals surface area contributed by atoms with Gasteiger partial charge in [-0.05, 0) is 31.5 Å². The third-order valence-corrected chi connectivity index (χ3v) is 5.14. The average molecular weight is 366 g/mol. The first-order valence-electron chi connectivity index (χ1n) is 7.44. The van der Waals surface area contributed by atoms with Crippen molar-refractivity contribution in [1.29, 1.82) is 0 Å². The molecule has 1 aliphatic rings. The van der Waals surface area contributed by atoms with Crippen LogP contribution in [0.2, 0.25) is 5.02 Å². The standard InChI is InChI=1S/C16H16ClN3O3S/c1-3-23-16(22)20-15-13(9(2)19-20)14(24-8-12(21)18-15)10-4-6-11(17)7-5-10/h4-7,14H,3,8H2,1-2H3,(H,18,21)/t14-/m0/s1. The number of aryl methyl sites for hydroxylation is 1. The third kappa shape index (κ3) is 3.14. The second kappa shape index (κ2) is 6.86. The van der Waals surface area contributed by atoms with Crippen LogP contribution in [-0.2, 0) is 9.53 Å². The van der Waals surface area contributed by atoms with Gasteiger partial charge in [0, 0.05) is 10.6 Å². The number of halogens is 1. The van der Waals surface area contributed by atoms with E-state index in [1.165, 1.54) is 11.8 Å². The van der Waals surface area contributed by atoms with Crippen LogP contribution in [0.15, 0.2) is 24.3 Å². The van der Waals surface area contributed by atoms with Crippen molar-refractivity contribution in [2.24, 2.45) is 0 Å². The fourth-order valence-corrected chi connectivity index (χ4v) is 3.92. The first kappa shape index (κ1) is 16.9. The summed E-state index contributed by atoms with van der Waals surface area (Å²) >= 11 is 7.45. The number of fused-ring (bicyclic) bond motifs is 1. The van der Waals surface area contributed by atoms with E-state index < -0.39 is 6.09 Å². The van der Waals surface area contributed by atoms with Crippen LogP contribution in [0, 0.1) is 6.92 Å². The lowest BCUT2D eigenvalue weighted by atomic mass is 10.0. The smallest absolute Gasteiger partial charge is 0.436 e. The molecule has 3 rings (SSSR count). The number of hydrogen-bond donors (Lipinski definition) is 1. The van der Waals surface area contributed by atoms with E-state index in [0.717, 1.165) is 15.8 Å². The Morgan fingerprint density at radius 2 is 2.17 bits per heavy atom. The van der Waals surface area contributed by atoms with Crippen molar-refractivity contribution in [1.82, 2.24) is 9.78 Å². The van der Waals surface area contributed by atoms with Gasteiger partial charge in [-0.2, -0.15) is 5.10 Å². The van der Waals surface area contributed by atoms with E-state index >= 15 is 0 Å². The minimum absolute atomic E-state index is 0.126. The summed E-state index contributed by atoms with van der Waals surface area (Å²) in [7, 11) is 0. The molecule has 2 aromatic rings. The lowest BCUT2D eigenvalue weighted by Crippen LogP contribution is -2.21. The molecule has 1 aliphatic heterocycles. The highest BCUT2D eigenvalue weighted by molar-refractivity contribution is 8.00. The van der Waals surface area contributed by atoms with Gasteiger partial charge in [0.2, 0.25) is 5.91 Å². The van der Waals surface area contributed by atoms with E-state index in [1.807, 2.05) is 31.2 Å². The Morgan fingerprint density at radius 1 is 1.46 bits per heavy atom. The number of thioether (sulfide) groups is 1. The van der Waals surface area contributed by atoms with Crippen molar-refractivity contribution in [3.8, 4) is 0 Å². The maximum Gasteiger partial charge on any atom is 0.436 e. The molecule has 0 aliphatic carbocycles. The molecule has 0 bridgehead atoms. The van der Waals surface area contributed by atoms with Gasteiger partial charge in [0.15, 0.2) is 0 Å². The Kier molecular flexibility index (Phi) is 4.82. The summed E-state index contributed by atoms with van der Waals surface area (Å²) in [5, 5.41) is 7.56. The molecule has 1 aromatic carbocycles. The van der Waals surface area contributed by atoms with Crippen LogP contribution in [0.25, 0.3) is 0 Å². The van der Waals surface area contributed by atoms with Crippen molar-refractivity contribution in [2.75, 3.05) is 17.7 Å². The van der Waals surface area contributed by atoms with Crippen LogP contribution in [0.5, 0.6) is 0 Å².